The maximum Gasteiger partial charge on any atom is 0.317 e. The first-order valence-corrected chi connectivity index (χ1v) is 9.20. The Labute approximate surface area is 153 Å². The van der Waals surface area contributed by atoms with E-state index in [2.05, 4.69) is 0 Å². The predicted octanol–water partition coefficient (Wildman–Crippen LogP) is 2.07. The molecule has 0 N–H and O–H groups in total. The molecule has 1 aliphatic heterocycles. The predicted molar refractivity (Wildman–Crippen MR) is 90.0 cm³/mol. The number of cyclic esters (lactones) is 4. The second kappa shape index (κ2) is 14.1. The van der Waals surface area contributed by atoms with Crippen LogP contribution in [-0.2, 0) is 38.1 Å². The van der Waals surface area contributed by atoms with E-state index in [-0.39, 0.29) is 13.2 Å². The van der Waals surface area contributed by atoms with Crippen LogP contribution >= 0.6 is 0 Å². The highest BCUT2D eigenvalue weighted by atomic mass is 16.6. The normalized spacial score (nSPS) is 21.2. The van der Waals surface area contributed by atoms with Crippen molar-refractivity contribution in [3.63, 3.8) is 0 Å². The SMILES string of the molecule is O=C1CC(=O)OCCCCOC(=O)CC(=O)OCCCCCCCCO1. The summed E-state index contributed by atoms with van der Waals surface area (Å²) in [5.74, 6) is -2.41. The van der Waals surface area contributed by atoms with E-state index in [9.17, 15) is 19.2 Å². The lowest BCUT2D eigenvalue weighted by atomic mass is 10.1. The first-order chi connectivity index (χ1) is 12.6. The highest BCUT2D eigenvalue weighted by Crippen LogP contribution is 2.07. The maximum absolute atomic E-state index is 11.5. The van der Waals surface area contributed by atoms with Crippen molar-refractivity contribution < 1.29 is 38.1 Å². The Kier molecular flexibility index (Phi) is 11.9. The Morgan fingerprint density at radius 2 is 0.615 bits per heavy atom. The zero-order chi connectivity index (χ0) is 19.0. The molecule has 0 saturated carbocycles. The lowest BCUT2D eigenvalue weighted by Crippen LogP contribution is -2.16. The third-order valence-corrected chi connectivity index (χ3v) is 3.71. The summed E-state index contributed by atoms with van der Waals surface area (Å²) in [6.07, 6.45) is 5.49. The smallest absolute Gasteiger partial charge is 0.317 e. The van der Waals surface area contributed by atoms with Crippen LogP contribution in [-0.4, -0.2) is 50.3 Å². The van der Waals surface area contributed by atoms with Crippen LogP contribution in [0.2, 0.25) is 0 Å². The molecular weight excluding hydrogens is 344 g/mol. The average molecular weight is 372 g/mol. The summed E-state index contributed by atoms with van der Waals surface area (Å²) in [6.45, 7) is 0.863. The van der Waals surface area contributed by atoms with Crippen LogP contribution in [0.5, 0.6) is 0 Å². The van der Waals surface area contributed by atoms with Crippen molar-refractivity contribution in [1.29, 1.82) is 0 Å². The summed E-state index contributed by atoms with van der Waals surface area (Å²) in [4.78, 5) is 45.9. The van der Waals surface area contributed by atoms with E-state index in [1.807, 2.05) is 0 Å². The molecule has 0 aliphatic carbocycles. The largest absolute Gasteiger partial charge is 0.465 e. The van der Waals surface area contributed by atoms with Crippen molar-refractivity contribution in [2.75, 3.05) is 26.4 Å². The number of hydrogen-bond donors (Lipinski definition) is 0. The third-order valence-electron chi connectivity index (χ3n) is 3.71. The molecule has 8 heteroatoms. The van der Waals surface area contributed by atoms with E-state index in [1.54, 1.807) is 0 Å². The van der Waals surface area contributed by atoms with Gasteiger partial charge in [-0.15, -0.1) is 0 Å². The van der Waals surface area contributed by atoms with Crippen LogP contribution in [0.15, 0.2) is 0 Å². The van der Waals surface area contributed by atoms with E-state index < -0.39 is 36.7 Å². The third kappa shape index (κ3) is 12.3. The van der Waals surface area contributed by atoms with Crippen LogP contribution in [0.1, 0.15) is 64.2 Å². The Morgan fingerprint density at radius 3 is 0.923 bits per heavy atom. The van der Waals surface area contributed by atoms with Gasteiger partial charge in [-0.1, -0.05) is 25.7 Å². The van der Waals surface area contributed by atoms with Crippen LogP contribution in [0.3, 0.4) is 0 Å². The fourth-order valence-electron chi connectivity index (χ4n) is 2.30. The highest BCUT2D eigenvalue weighted by molar-refractivity contribution is 5.91. The van der Waals surface area contributed by atoms with Crippen molar-refractivity contribution in [2.24, 2.45) is 0 Å². The Balaban J connectivity index is 2.32. The lowest BCUT2D eigenvalue weighted by Gasteiger charge is -2.08. The lowest BCUT2D eigenvalue weighted by molar-refractivity contribution is -0.157. The molecular formula is C18H28O8. The molecule has 0 amide bonds. The number of carbonyl (C=O) groups excluding carboxylic acids is 4. The Hall–Kier alpha value is -2.12. The molecule has 1 saturated heterocycles. The molecule has 26 heavy (non-hydrogen) atoms. The zero-order valence-electron chi connectivity index (χ0n) is 15.2. The molecule has 0 unspecified atom stereocenters. The quantitative estimate of drug-likeness (QED) is 0.361. The van der Waals surface area contributed by atoms with Crippen molar-refractivity contribution >= 4 is 23.9 Å². The Bertz CT molecular complexity index is 418. The molecule has 0 aromatic heterocycles. The van der Waals surface area contributed by atoms with Crippen molar-refractivity contribution in [3.05, 3.63) is 0 Å². The molecule has 1 aliphatic rings. The number of esters is 4. The number of ether oxygens (including phenoxy) is 4. The summed E-state index contributed by atoms with van der Waals surface area (Å²) >= 11 is 0. The minimum absolute atomic E-state index is 0.131. The van der Waals surface area contributed by atoms with Gasteiger partial charge in [0, 0.05) is 0 Å². The van der Waals surface area contributed by atoms with Gasteiger partial charge < -0.3 is 18.9 Å². The summed E-state index contributed by atoms with van der Waals surface area (Å²) in [6, 6.07) is 0. The Morgan fingerprint density at radius 1 is 0.385 bits per heavy atom. The van der Waals surface area contributed by atoms with E-state index in [0.29, 0.717) is 26.1 Å². The topological polar surface area (TPSA) is 105 Å². The summed E-state index contributed by atoms with van der Waals surface area (Å²) in [5, 5.41) is 0. The van der Waals surface area contributed by atoms with Gasteiger partial charge in [0.15, 0.2) is 0 Å². The second-order valence-electron chi connectivity index (χ2n) is 6.06. The van der Waals surface area contributed by atoms with E-state index in [4.69, 9.17) is 18.9 Å². The van der Waals surface area contributed by atoms with Gasteiger partial charge in [0.2, 0.25) is 0 Å². The summed E-state index contributed by atoms with van der Waals surface area (Å²) in [7, 11) is 0. The molecule has 0 bridgehead atoms. The number of rotatable bonds is 0. The van der Waals surface area contributed by atoms with Crippen molar-refractivity contribution in [3.8, 4) is 0 Å². The van der Waals surface area contributed by atoms with Gasteiger partial charge in [-0.3, -0.25) is 19.2 Å². The van der Waals surface area contributed by atoms with Gasteiger partial charge in [-0.05, 0) is 25.7 Å². The van der Waals surface area contributed by atoms with Gasteiger partial charge >= 0.3 is 23.9 Å². The molecule has 1 heterocycles. The first kappa shape index (κ1) is 21.9. The van der Waals surface area contributed by atoms with Crippen LogP contribution in [0, 0.1) is 0 Å². The van der Waals surface area contributed by atoms with Crippen LogP contribution < -0.4 is 0 Å². The summed E-state index contributed by atoms with van der Waals surface area (Å²) < 4.78 is 19.8. The van der Waals surface area contributed by atoms with Crippen LogP contribution in [0.25, 0.3) is 0 Å². The minimum Gasteiger partial charge on any atom is -0.465 e. The van der Waals surface area contributed by atoms with Crippen molar-refractivity contribution in [1.82, 2.24) is 0 Å². The molecule has 0 spiro atoms. The standard InChI is InChI=1S/C18H28O8/c19-15-13-17(21)25-11-7-8-12-26-18(22)14-16(20)24-10-6-4-2-1-3-5-9-23-15/h1-14H2. The fraction of sp³-hybridized carbons (Fsp3) is 0.778. The summed E-state index contributed by atoms with van der Waals surface area (Å²) in [5.41, 5.74) is 0. The van der Waals surface area contributed by atoms with Gasteiger partial charge in [-0.25, -0.2) is 0 Å². The van der Waals surface area contributed by atoms with Gasteiger partial charge in [0.05, 0.1) is 26.4 Å². The van der Waals surface area contributed by atoms with Gasteiger partial charge in [0.1, 0.15) is 12.8 Å². The second-order valence-corrected chi connectivity index (χ2v) is 6.06. The van der Waals surface area contributed by atoms with E-state index in [0.717, 1.165) is 38.5 Å². The molecule has 1 fully saturated rings. The molecule has 8 nitrogen and oxygen atoms in total. The number of carbonyl (C=O) groups is 4. The highest BCUT2D eigenvalue weighted by Gasteiger charge is 2.13. The van der Waals surface area contributed by atoms with Gasteiger partial charge in [-0.2, -0.15) is 0 Å². The first-order valence-electron chi connectivity index (χ1n) is 9.20. The van der Waals surface area contributed by atoms with Gasteiger partial charge in [0.25, 0.3) is 0 Å². The van der Waals surface area contributed by atoms with Crippen molar-refractivity contribution in [2.45, 2.75) is 64.2 Å². The number of hydrogen-bond acceptors (Lipinski definition) is 8. The van der Waals surface area contributed by atoms with E-state index >= 15 is 0 Å². The maximum atomic E-state index is 11.5. The van der Waals surface area contributed by atoms with E-state index in [1.165, 1.54) is 0 Å². The molecule has 0 atom stereocenters. The molecule has 1 rings (SSSR count). The monoisotopic (exact) mass is 372 g/mol. The molecule has 0 aromatic carbocycles. The molecule has 148 valence electrons. The fourth-order valence-corrected chi connectivity index (χ4v) is 2.30. The zero-order valence-corrected chi connectivity index (χ0v) is 15.2. The average Bonchev–Trinajstić information content (AvgIpc) is 2.58. The molecule has 0 aromatic rings. The minimum atomic E-state index is -0.628. The molecule has 0 radical (unpaired) electrons. The van der Waals surface area contributed by atoms with Crippen LogP contribution in [0.4, 0.5) is 0 Å².